The van der Waals surface area contributed by atoms with Crippen molar-refractivity contribution in [2.75, 3.05) is 0 Å². The van der Waals surface area contributed by atoms with E-state index in [0.717, 1.165) is 34.7 Å². The van der Waals surface area contributed by atoms with E-state index in [-0.39, 0.29) is 11.2 Å². The molecule has 5 rings (SSSR count). The molecule has 0 aliphatic heterocycles. The highest BCUT2D eigenvalue weighted by Gasteiger charge is 2.41. The van der Waals surface area contributed by atoms with Gasteiger partial charge in [0.2, 0.25) is 0 Å². The lowest BCUT2D eigenvalue weighted by Gasteiger charge is -2.40. The fraction of sp³-hybridized carbons (Fsp3) is 0.120. The van der Waals surface area contributed by atoms with Crippen LogP contribution in [0.25, 0.3) is 10.8 Å². The molecule has 1 aliphatic rings. The Labute approximate surface area is 158 Å². The van der Waals surface area contributed by atoms with Crippen molar-refractivity contribution in [1.82, 2.24) is 0 Å². The van der Waals surface area contributed by atoms with Gasteiger partial charge in [-0.3, -0.25) is 0 Å². The summed E-state index contributed by atoms with van der Waals surface area (Å²) in [6.07, 6.45) is 1.62. The Morgan fingerprint density at radius 1 is 0.704 bits per heavy atom. The molecule has 0 bridgehead atoms. The largest absolute Gasteiger partial charge is 0.508 e. The molecule has 2 N–H and O–H groups in total. The third kappa shape index (κ3) is 2.26. The molecule has 27 heavy (non-hydrogen) atoms. The van der Waals surface area contributed by atoms with Gasteiger partial charge in [-0.15, -0.1) is 0 Å². The molecule has 4 aromatic carbocycles. The highest BCUT2D eigenvalue weighted by molar-refractivity contribution is 5.94. The summed E-state index contributed by atoms with van der Waals surface area (Å²) in [6.45, 7) is 0. The predicted octanol–water partition coefficient (Wildman–Crippen LogP) is 5.53. The number of aromatic hydroxyl groups is 2. The molecule has 0 heterocycles. The van der Waals surface area contributed by atoms with Crippen molar-refractivity contribution >= 4 is 10.8 Å². The molecule has 0 spiro atoms. The number of benzene rings is 4. The summed E-state index contributed by atoms with van der Waals surface area (Å²) >= 11 is 0. The zero-order chi connectivity index (χ0) is 18.4. The second kappa shape index (κ2) is 5.88. The maximum absolute atomic E-state index is 10.5. The molecule has 0 radical (unpaired) electrons. The summed E-state index contributed by atoms with van der Waals surface area (Å²) in [5.74, 6) is 0.594. The molecular formula is C25H20O2. The van der Waals surface area contributed by atoms with Crippen molar-refractivity contribution in [3.63, 3.8) is 0 Å². The lowest BCUT2D eigenvalue weighted by atomic mass is 9.62. The van der Waals surface area contributed by atoms with Gasteiger partial charge in [0.05, 0.1) is 0 Å². The molecule has 0 unspecified atom stereocenters. The van der Waals surface area contributed by atoms with Crippen molar-refractivity contribution in [2.45, 2.75) is 18.3 Å². The lowest BCUT2D eigenvalue weighted by Crippen LogP contribution is -2.33. The first-order valence-electron chi connectivity index (χ1n) is 9.29. The molecule has 0 saturated carbocycles. The van der Waals surface area contributed by atoms with Gasteiger partial charge in [0, 0.05) is 11.0 Å². The fourth-order valence-electron chi connectivity index (χ4n) is 4.76. The molecule has 0 fully saturated rings. The molecule has 0 atom stereocenters. The van der Waals surface area contributed by atoms with Crippen LogP contribution in [-0.2, 0) is 11.8 Å². The van der Waals surface area contributed by atoms with Crippen molar-refractivity contribution in [3.05, 3.63) is 107 Å². The topological polar surface area (TPSA) is 40.5 Å². The minimum absolute atomic E-state index is 0.257. The predicted molar refractivity (Wildman–Crippen MR) is 108 cm³/mol. The number of phenolic OH excluding ortho intramolecular Hbond substituents is 2. The maximum atomic E-state index is 10.5. The van der Waals surface area contributed by atoms with Gasteiger partial charge in [-0.1, -0.05) is 66.7 Å². The monoisotopic (exact) mass is 352 g/mol. The highest BCUT2D eigenvalue weighted by atomic mass is 16.3. The Kier molecular flexibility index (Phi) is 3.48. The number of hydrogen-bond donors (Lipinski definition) is 2. The van der Waals surface area contributed by atoms with Crippen LogP contribution in [0.1, 0.15) is 28.7 Å². The van der Waals surface area contributed by atoms with Crippen LogP contribution < -0.4 is 0 Å². The van der Waals surface area contributed by atoms with Gasteiger partial charge in [-0.25, -0.2) is 0 Å². The first-order valence-corrected chi connectivity index (χ1v) is 9.29. The second-order valence-electron chi connectivity index (χ2n) is 7.29. The van der Waals surface area contributed by atoms with Crippen LogP contribution in [0, 0.1) is 0 Å². The number of phenols is 2. The highest BCUT2D eigenvalue weighted by Crippen LogP contribution is 2.51. The van der Waals surface area contributed by atoms with E-state index in [9.17, 15) is 10.2 Å². The van der Waals surface area contributed by atoms with E-state index < -0.39 is 0 Å². The summed E-state index contributed by atoms with van der Waals surface area (Å²) in [4.78, 5) is 0. The summed E-state index contributed by atoms with van der Waals surface area (Å²) in [7, 11) is 0. The van der Waals surface area contributed by atoms with E-state index in [1.165, 1.54) is 11.1 Å². The first kappa shape index (κ1) is 16.0. The van der Waals surface area contributed by atoms with E-state index >= 15 is 0 Å². The molecule has 4 aromatic rings. The number of aryl methyl sites for hydroxylation is 1. The average molecular weight is 352 g/mol. The maximum Gasteiger partial charge on any atom is 0.119 e. The van der Waals surface area contributed by atoms with Gasteiger partial charge in [-0.2, -0.15) is 0 Å². The van der Waals surface area contributed by atoms with Crippen molar-refractivity contribution in [2.24, 2.45) is 0 Å². The number of hydrogen-bond acceptors (Lipinski definition) is 2. The van der Waals surface area contributed by atoms with Crippen molar-refractivity contribution in [1.29, 1.82) is 0 Å². The van der Waals surface area contributed by atoms with Crippen LogP contribution in [0.2, 0.25) is 0 Å². The Hall–Kier alpha value is -3.26. The fourth-order valence-corrected chi connectivity index (χ4v) is 4.76. The van der Waals surface area contributed by atoms with E-state index in [0.29, 0.717) is 5.75 Å². The quantitative estimate of drug-likeness (QED) is 0.498. The molecule has 1 aliphatic carbocycles. The summed E-state index contributed by atoms with van der Waals surface area (Å²) in [6, 6.07) is 28.3. The van der Waals surface area contributed by atoms with Gasteiger partial charge < -0.3 is 10.2 Å². The average Bonchev–Trinajstić information content (AvgIpc) is 2.72. The summed E-state index contributed by atoms with van der Waals surface area (Å²) < 4.78 is 0. The van der Waals surface area contributed by atoms with Crippen LogP contribution in [0.15, 0.2) is 84.9 Å². The van der Waals surface area contributed by atoms with Crippen molar-refractivity contribution < 1.29 is 10.2 Å². The Bertz CT molecular complexity index is 1090. The summed E-state index contributed by atoms with van der Waals surface area (Å²) in [5, 5.41) is 23.0. The molecule has 2 heteroatoms. The van der Waals surface area contributed by atoms with E-state index in [1.54, 1.807) is 12.1 Å². The molecule has 0 aromatic heterocycles. The van der Waals surface area contributed by atoms with Gasteiger partial charge in [0.15, 0.2) is 0 Å². The van der Waals surface area contributed by atoms with Crippen molar-refractivity contribution in [3.8, 4) is 11.5 Å². The standard InChI is InChI=1S/C25H20O2/c26-20-15-17-11-12-23(27)21-13-14-25(22(16-20)24(17)21,18-7-3-1-4-8-18)19-9-5-2-6-10-19/h1-12,15-16,26-27H,13-14H2. The van der Waals surface area contributed by atoms with E-state index in [1.807, 2.05) is 24.3 Å². The summed E-state index contributed by atoms with van der Waals surface area (Å²) in [5.41, 5.74) is 4.09. The zero-order valence-corrected chi connectivity index (χ0v) is 14.9. The lowest BCUT2D eigenvalue weighted by molar-refractivity contribution is 0.456. The van der Waals surface area contributed by atoms with E-state index in [2.05, 4.69) is 48.5 Å². The smallest absolute Gasteiger partial charge is 0.119 e. The van der Waals surface area contributed by atoms with Crippen LogP contribution in [0.5, 0.6) is 11.5 Å². The molecule has 0 saturated heterocycles. The first-order chi connectivity index (χ1) is 13.2. The van der Waals surface area contributed by atoms with Gasteiger partial charge >= 0.3 is 0 Å². The molecule has 132 valence electrons. The minimum Gasteiger partial charge on any atom is -0.508 e. The van der Waals surface area contributed by atoms with Gasteiger partial charge in [0.25, 0.3) is 0 Å². The Balaban J connectivity index is 1.95. The van der Waals surface area contributed by atoms with Crippen LogP contribution in [0.3, 0.4) is 0 Å². The second-order valence-corrected chi connectivity index (χ2v) is 7.29. The third-order valence-electron chi connectivity index (χ3n) is 5.93. The third-order valence-corrected chi connectivity index (χ3v) is 5.93. The van der Waals surface area contributed by atoms with Crippen LogP contribution in [0.4, 0.5) is 0 Å². The van der Waals surface area contributed by atoms with Crippen LogP contribution in [-0.4, -0.2) is 10.2 Å². The zero-order valence-electron chi connectivity index (χ0n) is 14.9. The molecule has 2 nitrogen and oxygen atoms in total. The Morgan fingerprint density at radius 2 is 1.33 bits per heavy atom. The van der Waals surface area contributed by atoms with E-state index in [4.69, 9.17) is 0 Å². The minimum atomic E-state index is -0.361. The number of rotatable bonds is 2. The van der Waals surface area contributed by atoms with Gasteiger partial charge in [-0.05, 0) is 58.5 Å². The SMILES string of the molecule is Oc1cc2c3c(c(O)ccc3c1)CCC2(c1ccccc1)c1ccccc1. The Morgan fingerprint density at radius 3 is 1.96 bits per heavy atom. The molecular weight excluding hydrogens is 332 g/mol. The van der Waals surface area contributed by atoms with Gasteiger partial charge in [0.1, 0.15) is 11.5 Å². The van der Waals surface area contributed by atoms with Crippen LogP contribution >= 0.6 is 0 Å². The molecule has 0 amide bonds. The normalized spacial score (nSPS) is 15.0.